The number of carbonyl (C=O) groups is 1. The summed E-state index contributed by atoms with van der Waals surface area (Å²) in [5, 5.41) is 3.30. The fourth-order valence-corrected chi connectivity index (χ4v) is 4.18. The van der Waals surface area contributed by atoms with Crippen molar-refractivity contribution < 1.29 is 9.53 Å². The number of esters is 1. The molecular weight excluding hydrogens is 362 g/mol. The number of aryl methyl sites for hydroxylation is 2. The highest BCUT2D eigenvalue weighted by Crippen LogP contribution is 2.37. The highest BCUT2D eigenvalue weighted by Gasteiger charge is 2.21. The van der Waals surface area contributed by atoms with Gasteiger partial charge in [-0.05, 0) is 31.2 Å². The molecule has 0 fully saturated rings. The highest BCUT2D eigenvalue weighted by atomic mass is 16.5. The molecule has 0 spiro atoms. The van der Waals surface area contributed by atoms with E-state index in [9.17, 15) is 4.79 Å². The molecule has 3 heterocycles. The average Bonchev–Trinajstić information content (AvgIpc) is 3.23. The van der Waals surface area contributed by atoms with E-state index in [1.807, 2.05) is 44.4 Å². The second-order valence-electron chi connectivity index (χ2n) is 7.19. The summed E-state index contributed by atoms with van der Waals surface area (Å²) in [7, 11) is 4.05. The lowest BCUT2D eigenvalue weighted by atomic mass is 10.1. The van der Waals surface area contributed by atoms with E-state index in [1.54, 1.807) is 6.92 Å². The van der Waals surface area contributed by atoms with Gasteiger partial charge >= 0.3 is 5.97 Å². The number of fused-ring (bicyclic) bond motifs is 4. The molecule has 0 atom stereocenters. The van der Waals surface area contributed by atoms with E-state index >= 15 is 0 Å². The zero-order chi connectivity index (χ0) is 20.1. The number of pyridine rings is 1. The van der Waals surface area contributed by atoms with Gasteiger partial charge in [0.15, 0.2) is 5.69 Å². The maximum atomic E-state index is 12.6. The third-order valence-corrected chi connectivity index (χ3v) is 5.57. The molecule has 0 aliphatic heterocycles. The van der Waals surface area contributed by atoms with Gasteiger partial charge in [0, 0.05) is 41.3 Å². The number of nitrogens with zero attached hydrogens (tertiary/aromatic N) is 3. The van der Waals surface area contributed by atoms with Crippen LogP contribution in [0.5, 0.6) is 0 Å². The number of ether oxygens (including phenoxy) is 1. The molecule has 29 heavy (non-hydrogen) atoms. The normalized spacial score (nSPS) is 11.6. The van der Waals surface area contributed by atoms with Crippen LogP contribution in [0.2, 0.25) is 0 Å². The van der Waals surface area contributed by atoms with Crippen LogP contribution in [0, 0.1) is 0 Å². The summed E-state index contributed by atoms with van der Waals surface area (Å²) in [4.78, 5) is 17.4. The lowest BCUT2D eigenvalue weighted by Crippen LogP contribution is -2.09. The summed E-state index contributed by atoms with van der Waals surface area (Å²) in [6, 6.07) is 20.5. The average molecular weight is 383 g/mol. The molecule has 144 valence electrons. The third kappa shape index (κ3) is 2.54. The summed E-state index contributed by atoms with van der Waals surface area (Å²) in [5.41, 5.74) is 5.28. The SMILES string of the molecule is CCOC(=O)c1cc2c(c(-c3cc4ccccc4n3C)n1)c1ccccc1n2C. The molecule has 5 aromatic rings. The van der Waals surface area contributed by atoms with Crippen molar-refractivity contribution in [3.63, 3.8) is 0 Å². The summed E-state index contributed by atoms with van der Waals surface area (Å²) in [6.07, 6.45) is 0. The van der Waals surface area contributed by atoms with Crippen LogP contribution in [-0.2, 0) is 18.8 Å². The van der Waals surface area contributed by atoms with Gasteiger partial charge in [-0.2, -0.15) is 0 Å². The summed E-state index contributed by atoms with van der Waals surface area (Å²) in [5.74, 6) is -0.403. The van der Waals surface area contributed by atoms with E-state index in [1.165, 1.54) is 0 Å². The van der Waals surface area contributed by atoms with Gasteiger partial charge in [-0.3, -0.25) is 0 Å². The largest absolute Gasteiger partial charge is 0.461 e. The first-order valence-electron chi connectivity index (χ1n) is 9.70. The molecule has 0 aliphatic rings. The molecule has 0 bridgehead atoms. The second kappa shape index (κ2) is 6.48. The van der Waals surface area contributed by atoms with Gasteiger partial charge < -0.3 is 13.9 Å². The molecule has 0 saturated carbocycles. The Balaban J connectivity index is 1.93. The Bertz CT molecular complexity index is 1410. The minimum atomic E-state index is -0.403. The molecule has 0 aliphatic carbocycles. The molecule has 0 radical (unpaired) electrons. The van der Waals surface area contributed by atoms with Crippen LogP contribution < -0.4 is 0 Å². The van der Waals surface area contributed by atoms with E-state index in [2.05, 4.69) is 39.5 Å². The fourth-order valence-electron chi connectivity index (χ4n) is 4.18. The van der Waals surface area contributed by atoms with Gasteiger partial charge in [-0.25, -0.2) is 9.78 Å². The van der Waals surface area contributed by atoms with Crippen LogP contribution in [0.15, 0.2) is 60.7 Å². The first-order valence-corrected chi connectivity index (χ1v) is 9.70. The maximum absolute atomic E-state index is 12.6. The van der Waals surface area contributed by atoms with Crippen molar-refractivity contribution in [3.8, 4) is 11.4 Å². The summed E-state index contributed by atoms with van der Waals surface area (Å²) >= 11 is 0. The van der Waals surface area contributed by atoms with Gasteiger partial charge in [0.1, 0.15) is 0 Å². The van der Waals surface area contributed by atoms with Crippen LogP contribution in [0.25, 0.3) is 44.1 Å². The molecule has 0 amide bonds. The van der Waals surface area contributed by atoms with Crippen LogP contribution in [0.3, 0.4) is 0 Å². The van der Waals surface area contributed by atoms with E-state index < -0.39 is 5.97 Å². The monoisotopic (exact) mass is 383 g/mol. The van der Waals surface area contributed by atoms with Crippen molar-refractivity contribution in [3.05, 3.63) is 66.4 Å². The van der Waals surface area contributed by atoms with Crippen molar-refractivity contribution in [1.29, 1.82) is 0 Å². The van der Waals surface area contributed by atoms with Crippen LogP contribution in [0.4, 0.5) is 0 Å². The standard InChI is InChI=1S/C24H21N3O2/c1-4-29-24(28)17-14-20-22(16-10-6-8-12-19(16)27(20)3)23(25-17)21-13-15-9-5-7-11-18(15)26(21)2/h5-14H,4H2,1-3H3. The van der Waals surface area contributed by atoms with Gasteiger partial charge in [0.05, 0.1) is 23.5 Å². The van der Waals surface area contributed by atoms with Gasteiger partial charge in [0.25, 0.3) is 0 Å². The predicted octanol–water partition coefficient (Wildman–Crippen LogP) is 5.06. The molecule has 3 aromatic heterocycles. The number of benzene rings is 2. The zero-order valence-electron chi connectivity index (χ0n) is 16.6. The Morgan fingerprint density at radius 1 is 0.931 bits per heavy atom. The van der Waals surface area contributed by atoms with Crippen molar-refractivity contribution in [2.75, 3.05) is 6.61 Å². The van der Waals surface area contributed by atoms with Crippen molar-refractivity contribution in [2.45, 2.75) is 6.92 Å². The highest BCUT2D eigenvalue weighted by molar-refractivity contribution is 6.15. The molecule has 0 N–H and O–H groups in total. The van der Waals surface area contributed by atoms with Crippen LogP contribution in [0.1, 0.15) is 17.4 Å². The Morgan fingerprint density at radius 2 is 1.66 bits per heavy atom. The molecular formula is C24H21N3O2. The van der Waals surface area contributed by atoms with E-state index in [-0.39, 0.29) is 0 Å². The Hall–Kier alpha value is -3.60. The van der Waals surface area contributed by atoms with Gasteiger partial charge in [-0.15, -0.1) is 0 Å². The second-order valence-corrected chi connectivity index (χ2v) is 7.19. The molecule has 5 heteroatoms. The summed E-state index contributed by atoms with van der Waals surface area (Å²) in [6.45, 7) is 2.12. The van der Waals surface area contributed by atoms with Crippen LogP contribution >= 0.6 is 0 Å². The van der Waals surface area contributed by atoms with E-state index in [0.717, 1.165) is 44.1 Å². The molecule has 0 saturated heterocycles. The summed E-state index contributed by atoms with van der Waals surface area (Å²) < 4.78 is 9.50. The van der Waals surface area contributed by atoms with Gasteiger partial charge in [0.2, 0.25) is 0 Å². The smallest absolute Gasteiger partial charge is 0.357 e. The van der Waals surface area contributed by atoms with Crippen molar-refractivity contribution in [1.82, 2.24) is 14.1 Å². The molecule has 2 aromatic carbocycles. The third-order valence-electron chi connectivity index (χ3n) is 5.57. The molecule has 5 rings (SSSR count). The number of hydrogen-bond donors (Lipinski definition) is 0. The predicted molar refractivity (Wildman–Crippen MR) is 116 cm³/mol. The fraction of sp³-hybridized carbons (Fsp3) is 0.167. The first kappa shape index (κ1) is 17.5. The number of para-hydroxylation sites is 2. The lowest BCUT2D eigenvalue weighted by Gasteiger charge is -2.09. The zero-order valence-corrected chi connectivity index (χ0v) is 16.6. The number of aromatic nitrogens is 3. The lowest BCUT2D eigenvalue weighted by molar-refractivity contribution is 0.0520. The number of rotatable bonds is 3. The Morgan fingerprint density at radius 3 is 2.41 bits per heavy atom. The molecule has 0 unspecified atom stereocenters. The Kier molecular flexibility index (Phi) is 3.91. The van der Waals surface area contributed by atoms with Crippen LogP contribution in [-0.4, -0.2) is 26.7 Å². The molecule has 5 nitrogen and oxygen atoms in total. The van der Waals surface area contributed by atoms with E-state index in [4.69, 9.17) is 9.72 Å². The topological polar surface area (TPSA) is 49.1 Å². The van der Waals surface area contributed by atoms with Crippen molar-refractivity contribution >= 4 is 38.7 Å². The van der Waals surface area contributed by atoms with Crippen molar-refractivity contribution in [2.24, 2.45) is 14.1 Å². The Labute approximate surface area is 168 Å². The minimum absolute atomic E-state index is 0.317. The number of carbonyl (C=O) groups excluding carboxylic acids is 1. The van der Waals surface area contributed by atoms with Gasteiger partial charge in [-0.1, -0.05) is 36.4 Å². The number of hydrogen-bond acceptors (Lipinski definition) is 3. The maximum Gasteiger partial charge on any atom is 0.357 e. The quantitative estimate of drug-likeness (QED) is 0.409. The van der Waals surface area contributed by atoms with E-state index in [0.29, 0.717) is 12.3 Å². The minimum Gasteiger partial charge on any atom is -0.461 e. The first-order chi connectivity index (χ1) is 14.1.